The molecule has 0 amide bonds. The van der Waals surface area contributed by atoms with E-state index in [0.717, 1.165) is 6.54 Å². The summed E-state index contributed by atoms with van der Waals surface area (Å²) >= 11 is 3.63. The van der Waals surface area contributed by atoms with Gasteiger partial charge < -0.3 is 4.90 Å². The molecule has 2 heterocycles. The van der Waals surface area contributed by atoms with Crippen LogP contribution < -0.4 is 0 Å². The summed E-state index contributed by atoms with van der Waals surface area (Å²) < 4.78 is 1.23. The van der Waals surface area contributed by atoms with Crippen molar-refractivity contribution in [1.82, 2.24) is 9.80 Å². The third-order valence-electron chi connectivity index (χ3n) is 5.04. The fraction of sp³-hybridized carbons (Fsp3) is 0.667. The molecule has 3 rings (SSSR count). The zero-order valence-corrected chi connectivity index (χ0v) is 14.8. The van der Waals surface area contributed by atoms with Crippen molar-refractivity contribution in [3.8, 4) is 0 Å². The lowest BCUT2D eigenvalue weighted by atomic mass is 9.95. The highest BCUT2D eigenvalue weighted by molar-refractivity contribution is 9.10. The van der Waals surface area contributed by atoms with Crippen LogP contribution in [0.3, 0.4) is 0 Å². The van der Waals surface area contributed by atoms with Crippen molar-refractivity contribution in [2.75, 3.05) is 32.7 Å². The van der Waals surface area contributed by atoms with Crippen molar-refractivity contribution < 1.29 is 0 Å². The fourth-order valence-corrected chi connectivity index (χ4v) is 4.33. The van der Waals surface area contributed by atoms with Crippen molar-refractivity contribution >= 4 is 15.9 Å². The van der Waals surface area contributed by atoms with Crippen LogP contribution in [0.5, 0.6) is 0 Å². The summed E-state index contributed by atoms with van der Waals surface area (Å²) in [5.74, 6) is 0. The lowest BCUT2D eigenvalue weighted by Crippen LogP contribution is -2.38. The molecular weight excluding hydrogens is 324 g/mol. The Morgan fingerprint density at radius 1 is 0.952 bits per heavy atom. The van der Waals surface area contributed by atoms with E-state index >= 15 is 0 Å². The van der Waals surface area contributed by atoms with E-state index in [0.29, 0.717) is 0 Å². The molecule has 2 aliphatic heterocycles. The molecule has 21 heavy (non-hydrogen) atoms. The molecule has 0 aliphatic carbocycles. The maximum absolute atomic E-state index is 3.63. The van der Waals surface area contributed by atoms with Gasteiger partial charge in [0.15, 0.2) is 0 Å². The van der Waals surface area contributed by atoms with Crippen LogP contribution >= 0.6 is 15.9 Å². The molecule has 0 unspecified atom stereocenters. The first-order chi connectivity index (χ1) is 10.2. The summed E-state index contributed by atoms with van der Waals surface area (Å²) in [7, 11) is 0. The molecular formula is C18H27BrN2. The smallest absolute Gasteiger partial charge is 0.0239 e. The number of halogens is 1. The highest BCUT2D eigenvalue weighted by Crippen LogP contribution is 2.26. The van der Waals surface area contributed by atoms with Gasteiger partial charge in [0.1, 0.15) is 0 Å². The van der Waals surface area contributed by atoms with Gasteiger partial charge in [-0.2, -0.15) is 0 Å². The number of rotatable bonds is 3. The molecule has 2 aliphatic rings. The molecule has 2 nitrogen and oxygen atoms in total. The van der Waals surface area contributed by atoms with Gasteiger partial charge in [-0.25, -0.2) is 0 Å². The van der Waals surface area contributed by atoms with Gasteiger partial charge in [-0.1, -0.05) is 28.8 Å². The van der Waals surface area contributed by atoms with E-state index < -0.39 is 0 Å². The van der Waals surface area contributed by atoms with Crippen molar-refractivity contribution in [2.45, 2.75) is 45.6 Å². The second-order valence-electron chi connectivity index (χ2n) is 6.64. The lowest BCUT2D eigenvalue weighted by Gasteiger charge is -2.32. The van der Waals surface area contributed by atoms with Crippen molar-refractivity contribution in [3.63, 3.8) is 0 Å². The molecule has 0 atom stereocenters. The molecule has 1 aromatic rings. The van der Waals surface area contributed by atoms with E-state index in [2.05, 4.69) is 44.8 Å². The van der Waals surface area contributed by atoms with Crippen molar-refractivity contribution in [3.05, 3.63) is 33.3 Å². The summed E-state index contributed by atoms with van der Waals surface area (Å²) in [6, 6.07) is 4.58. The van der Waals surface area contributed by atoms with E-state index in [9.17, 15) is 0 Å². The molecule has 1 aromatic carbocycles. The van der Waals surface area contributed by atoms with Gasteiger partial charge in [0.2, 0.25) is 0 Å². The molecule has 3 heteroatoms. The third-order valence-corrected chi connectivity index (χ3v) is 5.50. The molecule has 0 aromatic heterocycles. The highest BCUT2D eigenvalue weighted by Gasteiger charge is 2.19. The summed E-state index contributed by atoms with van der Waals surface area (Å²) in [5, 5.41) is 0. The van der Waals surface area contributed by atoms with Crippen LogP contribution in [-0.2, 0) is 13.0 Å². The Hall–Kier alpha value is -0.380. The van der Waals surface area contributed by atoms with Gasteiger partial charge in [-0.15, -0.1) is 0 Å². The normalized spacial score (nSPS) is 21.0. The first-order valence-corrected chi connectivity index (χ1v) is 9.24. The van der Waals surface area contributed by atoms with Gasteiger partial charge in [0.05, 0.1) is 0 Å². The maximum atomic E-state index is 3.63. The Kier molecular flexibility index (Phi) is 5.36. The molecule has 0 radical (unpaired) electrons. The largest absolute Gasteiger partial charge is 0.302 e. The van der Waals surface area contributed by atoms with Crippen LogP contribution in [0, 0.1) is 6.92 Å². The number of likely N-dealkylation sites (tertiary alicyclic amines) is 1. The summed E-state index contributed by atoms with van der Waals surface area (Å²) in [6.07, 6.45) is 6.87. The topological polar surface area (TPSA) is 6.48 Å². The zero-order valence-electron chi connectivity index (χ0n) is 13.2. The number of hydrogen-bond acceptors (Lipinski definition) is 2. The minimum atomic E-state index is 1.14. The van der Waals surface area contributed by atoms with E-state index in [1.807, 2.05) is 0 Å². The Morgan fingerprint density at radius 2 is 1.67 bits per heavy atom. The average molecular weight is 351 g/mol. The quantitative estimate of drug-likeness (QED) is 0.812. The van der Waals surface area contributed by atoms with Crippen LogP contribution in [0.1, 0.15) is 42.4 Å². The van der Waals surface area contributed by atoms with Gasteiger partial charge >= 0.3 is 0 Å². The molecule has 1 saturated heterocycles. The third kappa shape index (κ3) is 4.08. The van der Waals surface area contributed by atoms with Gasteiger partial charge in [0, 0.05) is 30.7 Å². The summed E-state index contributed by atoms with van der Waals surface area (Å²) in [6.45, 7) is 9.73. The SMILES string of the molecule is Cc1cc(Br)cc2c1CN(CCN1CCCCCC1)CC2. The van der Waals surface area contributed by atoms with Gasteiger partial charge in [-0.3, -0.25) is 4.90 Å². The van der Waals surface area contributed by atoms with Crippen LogP contribution in [-0.4, -0.2) is 42.5 Å². The number of aryl methyl sites for hydroxylation is 1. The maximum Gasteiger partial charge on any atom is 0.0239 e. The van der Waals surface area contributed by atoms with E-state index in [1.54, 1.807) is 11.1 Å². The molecule has 0 N–H and O–H groups in total. The number of fused-ring (bicyclic) bond motifs is 1. The number of hydrogen-bond donors (Lipinski definition) is 0. The predicted octanol–water partition coefficient (Wildman–Crippen LogP) is 3.99. The Bertz CT molecular complexity index is 478. The Labute approximate surface area is 137 Å². The summed E-state index contributed by atoms with van der Waals surface area (Å²) in [5.41, 5.74) is 4.56. The van der Waals surface area contributed by atoms with Gasteiger partial charge in [-0.05, 0) is 68.1 Å². The Morgan fingerprint density at radius 3 is 2.43 bits per heavy atom. The second kappa shape index (κ2) is 7.26. The van der Waals surface area contributed by atoms with Crippen LogP contribution in [0.2, 0.25) is 0 Å². The van der Waals surface area contributed by atoms with E-state index in [-0.39, 0.29) is 0 Å². The van der Waals surface area contributed by atoms with Crippen LogP contribution in [0.4, 0.5) is 0 Å². The monoisotopic (exact) mass is 350 g/mol. The molecule has 116 valence electrons. The fourth-order valence-electron chi connectivity index (χ4n) is 3.71. The highest BCUT2D eigenvalue weighted by atomic mass is 79.9. The van der Waals surface area contributed by atoms with E-state index in [4.69, 9.17) is 0 Å². The second-order valence-corrected chi connectivity index (χ2v) is 7.56. The van der Waals surface area contributed by atoms with Crippen molar-refractivity contribution in [1.29, 1.82) is 0 Å². The summed E-state index contributed by atoms with van der Waals surface area (Å²) in [4.78, 5) is 5.32. The van der Waals surface area contributed by atoms with E-state index in [1.165, 1.54) is 74.9 Å². The van der Waals surface area contributed by atoms with Gasteiger partial charge in [0.25, 0.3) is 0 Å². The minimum absolute atomic E-state index is 1.14. The number of nitrogens with zero attached hydrogens (tertiary/aromatic N) is 2. The molecule has 0 bridgehead atoms. The molecule has 0 saturated carbocycles. The lowest BCUT2D eigenvalue weighted by molar-refractivity contribution is 0.196. The van der Waals surface area contributed by atoms with Crippen LogP contribution in [0.15, 0.2) is 16.6 Å². The van der Waals surface area contributed by atoms with Crippen LogP contribution in [0.25, 0.3) is 0 Å². The first-order valence-electron chi connectivity index (χ1n) is 8.45. The standard InChI is InChI=1S/C18H27BrN2/c1-15-12-17(19)13-16-6-9-21(14-18(15)16)11-10-20-7-4-2-3-5-8-20/h12-13H,2-11,14H2,1H3. The predicted molar refractivity (Wildman–Crippen MR) is 92.8 cm³/mol. The molecule has 0 spiro atoms. The van der Waals surface area contributed by atoms with Crippen molar-refractivity contribution in [2.24, 2.45) is 0 Å². The number of benzene rings is 1. The Balaban J connectivity index is 1.56. The average Bonchev–Trinajstić information content (AvgIpc) is 2.74. The first kappa shape index (κ1) is 15.5. The minimum Gasteiger partial charge on any atom is -0.302 e. The zero-order chi connectivity index (χ0) is 14.7. The molecule has 1 fully saturated rings.